The average molecular weight is 327 g/mol. The Morgan fingerprint density at radius 2 is 1.80 bits per heavy atom. The highest BCUT2D eigenvalue weighted by Crippen LogP contribution is 2.21. The van der Waals surface area contributed by atoms with Gasteiger partial charge >= 0.3 is 0 Å². The molecule has 1 heterocycles. The molecule has 0 saturated carbocycles. The van der Waals surface area contributed by atoms with Crippen molar-refractivity contribution in [2.24, 2.45) is 0 Å². The van der Waals surface area contributed by atoms with Crippen molar-refractivity contribution in [1.82, 2.24) is 4.98 Å². The normalized spacial score (nSPS) is 12.4. The number of nitrogens with zero attached hydrogens (tertiary/aromatic N) is 2. The molecule has 0 saturated heterocycles. The molecule has 0 amide bonds. The predicted molar refractivity (Wildman–Crippen MR) is 96.9 cm³/mol. The number of thiol groups is 1. The fourth-order valence-corrected chi connectivity index (χ4v) is 5.99. The number of carbonyl (C=O) groups excluding carboxylic acids is 1. The van der Waals surface area contributed by atoms with E-state index < -0.39 is 16.3 Å². The maximum atomic E-state index is 11.7. The van der Waals surface area contributed by atoms with Crippen LogP contribution in [-0.2, 0) is 0 Å². The summed E-state index contributed by atoms with van der Waals surface area (Å²) < 4.78 is 2.44. The summed E-state index contributed by atoms with van der Waals surface area (Å²) >= 11 is 3.97. The summed E-state index contributed by atoms with van der Waals surface area (Å²) in [5, 5.41) is 0.872. The minimum atomic E-state index is -1.63. The van der Waals surface area contributed by atoms with E-state index in [4.69, 9.17) is 0 Å². The van der Waals surface area contributed by atoms with E-state index in [2.05, 4.69) is 74.5 Å². The first-order valence-corrected chi connectivity index (χ1v) is 14.4. The fraction of sp³-hybridized carbons (Fsp3) is 0.571. The molecule has 1 aromatic heterocycles. The van der Waals surface area contributed by atoms with E-state index in [9.17, 15) is 4.79 Å². The molecule has 0 unspecified atom stereocenters. The van der Waals surface area contributed by atoms with Gasteiger partial charge in [0.05, 0.1) is 14.3 Å². The third kappa shape index (κ3) is 3.96. The highest BCUT2D eigenvalue weighted by atomic mass is 32.1. The molecule has 0 aliphatic heterocycles. The lowest BCUT2D eigenvalue weighted by Gasteiger charge is -2.36. The van der Waals surface area contributed by atoms with Crippen LogP contribution >= 0.6 is 12.6 Å². The third-order valence-electron chi connectivity index (χ3n) is 3.32. The zero-order valence-corrected chi connectivity index (χ0v) is 16.5. The lowest BCUT2D eigenvalue weighted by atomic mass is 10.3. The van der Waals surface area contributed by atoms with Crippen LogP contribution in [0.1, 0.15) is 17.4 Å². The van der Waals surface area contributed by atoms with Gasteiger partial charge in [-0.1, -0.05) is 51.9 Å². The summed E-state index contributed by atoms with van der Waals surface area (Å²) in [6.07, 6.45) is 1.83. The minimum absolute atomic E-state index is 0.231. The third-order valence-corrected chi connectivity index (χ3v) is 7.72. The van der Waals surface area contributed by atoms with Crippen molar-refractivity contribution >= 4 is 44.9 Å². The molecule has 112 valence electrons. The Bertz CT molecular complexity index is 507. The van der Waals surface area contributed by atoms with Crippen molar-refractivity contribution in [1.29, 1.82) is 0 Å². The monoisotopic (exact) mass is 326 g/mol. The first kappa shape index (κ1) is 17.5. The Hall–Kier alpha value is -0.596. The van der Waals surface area contributed by atoms with Gasteiger partial charge in [-0.05, 0) is 18.2 Å². The van der Waals surface area contributed by atoms with Crippen LogP contribution in [0.4, 0.5) is 5.69 Å². The molecule has 0 bridgehead atoms. The second kappa shape index (κ2) is 6.03. The topological polar surface area (TPSA) is 33.2 Å². The molecule has 0 fully saturated rings. The predicted octanol–water partition coefficient (Wildman–Crippen LogP) is 3.36. The summed E-state index contributed by atoms with van der Waals surface area (Å²) in [7, 11) is -3.08. The van der Waals surface area contributed by atoms with Crippen molar-refractivity contribution in [3.8, 4) is 0 Å². The van der Waals surface area contributed by atoms with E-state index in [0.29, 0.717) is 5.69 Å². The van der Waals surface area contributed by atoms with Crippen LogP contribution in [0.3, 0.4) is 0 Å². The van der Waals surface area contributed by atoms with Crippen molar-refractivity contribution in [3.05, 3.63) is 18.0 Å². The Balaban J connectivity index is 3.43. The Kier molecular flexibility index (Phi) is 5.26. The first-order chi connectivity index (χ1) is 8.98. The van der Waals surface area contributed by atoms with Crippen LogP contribution in [0.25, 0.3) is 0 Å². The number of anilines is 1. The first-order valence-electron chi connectivity index (χ1n) is 7.00. The summed E-state index contributed by atoms with van der Waals surface area (Å²) in [5.74, 6) is 0. The summed E-state index contributed by atoms with van der Waals surface area (Å²) in [6, 6.07) is 2.17. The van der Waals surface area contributed by atoms with Gasteiger partial charge in [-0.3, -0.25) is 9.78 Å². The molecule has 0 aliphatic carbocycles. The minimum Gasteiger partial charge on any atom is -0.397 e. The molecule has 3 nitrogen and oxygen atoms in total. The number of rotatable bonds is 5. The average Bonchev–Trinajstić information content (AvgIpc) is 2.26. The summed E-state index contributed by atoms with van der Waals surface area (Å²) in [5.41, 5.74) is 1.67. The number of hydrogen-bond acceptors (Lipinski definition) is 3. The van der Waals surface area contributed by atoms with Gasteiger partial charge in [0.1, 0.15) is 13.9 Å². The van der Waals surface area contributed by atoms with Crippen LogP contribution in [0.2, 0.25) is 39.3 Å². The molecule has 0 N–H and O–H groups in total. The smallest absolute Gasteiger partial charge is 0.234 e. The number of hydrogen-bond donors (Lipinski definition) is 1. The van der Waals surface area contributed by atoms with E-state index in [1.54, 1.807) is 0 Å². The fourth-order valence-electron chi connectivity index (χ4n) is 2.39. The summed E-state index contributed by atoms with van der Waals surface area (Å²) in [6.45, 7) is 16.8. The SMILES string of the molecule is CCN(c1cnc(C(=O)S)c([Si](C)(C)C)c1)[Si](C)(C)C. The molecule has 1 rings (SSSR count). The molecule has 0 spiro atoms. The molecule has 0 aromatic carbocycles. The summed E-state index contributed by atoms with van der Waals surface area (Å²) in [4.78, 5) is 16.1. The van der Waals surface area contributed by atoms with Gasteiger partial charge in [-0.15, -0.1) is 0 Å². The maximum Gasteiger partial charge on any atom is 0.234 e. The molecule has 6 heteroatoms. The molecule has 20 heavy (non-hydrogen) atoms. The van der Waals surface area contributed by atoms with Crippen LogP contribution in [0.5, 0.6) is 0 Å². The second-order valence-electron chi connectivity index (χ2n) is 7.06. The van der Waals surface area contributed by atoms with Crippen LogP contribution in [-0.4, -0.2) is 33.0 Å². The molecular weight excluding hydrogens is 300 g/mol. The second-order valence-corrected chi connectivity index (χ2v) is 17.4. The van der Waals surface area contributed by atoms with Crippen molar-refractivity contribution in [2.75, 3.05) is 11.1 Å². The van der Waals surface area contributed by atoms with Gasteiger partial charge in [-0.25, -0.2) is 0 Å². The van der Waals surface area contributed by atoms with Gasteiger partial charge in [0, 0.05) is 12.2 Å². The Morgan fingerprint density at radius 1 is 1.25 bits per heavy atom. The maximum absolute atomic E-state index is 11.7. The number of aromatic nitrogens is 1. The van der Waals surface area contributed by atoms with Gasteiger partial charge in [0.2, 0.25) is 5.12 Å². The standard InChI is InChI=1S/C14H26N2OSSi2/c1-8-16(20(5,6)7)11-9-12(19(2,3)4)13(14(17)18)15-10-11/h9-10H,8H2,1-7H3,(H,17,18). The van der Waals surface area contributed by atoms with E-state index in [1.807, 2.05) is 6.20 Å². The van der Waals surface area contributed by atoms with Gasteiger partial charge in [-0.2, -0.15) is 0 Å². The highest BCUT2D eigenvalue weighted by Gasteiger charge is 2.28. The Labute approximate surface area is 130 Å². The lowest BCUT2D eigenvalue weighted by Crippen LogP contribution is -2.48. The van der Waals surface area contributed by atoms with Crippen LogP contribution in [0.15, 0.2) is 12.3 Å². The van der Waals surface area contributed by atoms with Crippen LogP contribution < -0.4 is 9.75 Å². The Morgan fingerprint density at radius 3 is 2.15 bits per heavy atom. The van der Waals surface area contributed by atoms with Crippen molar-refractivity contribution in [3.63, 3.8) is 0 Å². The van der Waals surface area contributed by atoms with Crippen molar-refractivity contribution in [2.45, 2.75) is 46.2 Å². The quantitative estimate of drug-likeness (QED) is 0.665. The lowest BCUT2D eigenvalue weighted by molar-refractivity contribution is 0.108. The van der Waals surface area contributed by atoms with Crippen LogP contribution in [0, 0.1) is 0 Å². The molecular formula is C14H26N2OSSi2. The van der Waals surface area contributed by atoms with E-state index in [-0.39, 0.29) is 5.12 Å². The zero-order chi connectivity index (χ0) is 15.7. The zero-order valence-electron chi connectivity index (χ0n) is 13.6. The number of pyridine rings is 1. The molecule has 1 aromatic rings. The van der Waals surface area contributed by atoms with Crippen molar-refractivity contribution < 1.29 is 4.79 Å². The number of carbonyl (C=O) groups is 1. The van der Waals surface area contributed by atoms with Gasteiger partial charge < -0.3 is 4.57 Å². The van der Waals surface area contributed by atoms with Gasteiger partial charge in [0.15, 0.2) is 0 Å². The van der Waals surface area contributed by atoms with E-state index in [1.165, 1.54) is 0 Å². The molecule has 0 aliphatic rings. The largest absolute Gasteiger partial charge is 0.397 e. The molecule has 0 atom stereocenters. The molecule has 0 radical (unpaired) electrons. The van der Waals surface area contributed by atoms with E-state index in [0.717, 1.165) is 17.4 Å². The highest BCUT2D eigenvalue weighted by molar-refractivity contribution is 7.97. The van der Waals surface area contributed by atoms with Gasteiger partial charge in [0.25, 0.3) is 0 Å². The van der Waals surface area contributed by atoms with E-state index >= 15 is 0 Å².